The fourth-order valence-electron chi connectivity index (χ4n) is 3.47. The molecule has 2 nitrogen and oxygen atoms in total. The molecular formula is C15H29NO. The van der Waals surface area contributed by atoms with Crippen molar-refractivity contribution >= 4 is 0 Å². The second-order valence-corrected chi connectivity index (χ2v) is 6.77. The van der Waals surface area contributed by atoms with Gasteiger partial charge in [0.25, 0.3) is 0 Å². The Morgan fingerprint density at radius 3 is 2.71 bits per heavy atom. The molecular weight excluding hydrogens is 210 g/mol. The Labute approximate surface area is 107 Å². The summed E-state index contributed by atoms with van der Waals surface area (Å²) in [5.41, 5.74) is 0.561. The van der Waals surface area contributed by atoms with Crippen LogP contribution in [-0.4, -0.2) is 24.8 Å². The minimum absolute atomic E-state index is 0.515. The monoisotopic (exact) mass is 239 g/mol. The first-order valence-corrected chi connectivity index (χ1v) is 7.47. The molecule has 1 saturated carbocycles. The Morgan fingerprint density at radius 2 is 2.06 bits per heavy atom. The molecule has 1 aliphatic heterocycles. The number of rotatable bonds is 4. The normalized spacial score (nSPS) is 37.2. The summed E-state index contributed by atoms with van der Waals surface area (Å²) in [5.74, 6) is 0. The first-order valence-electron chi connectivity index (χ1n) is 7.47. The Kier molecular flexibility index (Phi) is 4.48. The lowest BCUT2D eigenvalue weighted by atomic mass is 9.91. The Morgan fingerprint density at radius 1 is 1.24 bits per heavy atom. The van der Waals surface area contributed by atoms with Crippen LogP contribution in [0, 0.1) is 5.41 Å². The van der Waals surface area contributed by atoms with Crippen molar-refractivity contribution in [2.75, 3.05) is 6.61 Å². The van der Waals surface area contributed by atoms with E-state index in [9.17, 15) is 0 Å². The van der Waals surface area contributed by atoms with E-state index in [1.807, 2.05) is 0 Å². The molecule has 0 bridgehead atoms. The van der Waals surface area contributed by atoms with Gasteiger partial charge < -0.3 is 10.1 Å². The van der Waals surface area contributed by atoms with Gasteiger partial charge in [0, 0.05) is 18.7 Å². The highest BCUT2D eigenvalue weighted by Gasteiger charge is 2.33. The second kappa shape index (κ2) is 5.71. The zero-order valence-corrected chi connectivity index (χ0v) is 11.8. The van der Waals surface area contributed by atoms with Gasteiger partial charge in [-0.05, 0) is 43.9 Å². The minimum atomic E-state index is 0.515. The third-order valence-corrected chi connectivity index (χ3v) is 4.42. The average molecular weight is 239 g/mol. The Balaban J connectivity index is 1.75. The van der Waals surface area contributed by atoms with E-state index >= 15 is 0 Å². The van der Waals surface area contributed by atoms with Gasteiger partial charge in [-0.2, -0.15) is 0 Å². The predicted molar refractivity (Wildman–Crippen MR) is 72.2 cm³/mol. The summed E-state index contributed by atoms with van der Waals surface area (Å²) in [5, 5.41) is 3.88. The van der Waals surface area contributed by atoms with Crippen molar-refractivity contribution in [1.29, 1.82) is 0 Å². The molecule has 17 heavy (non-hydrogen) atoms. The van der Waals surface area contributed by atoms with Crippen LogP contribution in [0.3, 0.4) is 0 Å². The van der Waals surface area contributed by atoms with E-state index in [1.165, 1.54) is 44.9 Å². The summed E-state index contributed by atoms with van der Waals surface area (Å²) >= 11 is 0. The molecule has 2 heteroatoms. The van der Waals surface area contributed by atoms with Crippen LogP contribution in [0.2, 0.25) is 0 Å². The maximum absolute atomic E-state index is 5.81. The van der Waals surface area contributed by atoms with Crippen LogP contribution in [0.4, 0.5) is 0 Å². The highest BCUT2D eigenvalue weighted by atomic mass is 16.5. The van der Waals surface area contributed by atoms with Crippen molar-refractivity contribution in [2.24, 2.45) is 5.41 Å². The van der Waals surface area contributed by atoms with Crippen molar-refractivity contribution in [2.45, 2.75) is 83.9 Å². The van der Waals surface area contributed by atoms with Crippen molar-refractivity contribution in [1.82, 2.24) is 5.32 Å². The first-order chi connectivity index (χ1) is 8.09. The van der Waals surface area contributed by atoms with E-state index in [1.54, 1.807) is 0 Å². The molecule has 0 aromatic heterocycles. The summed E-state index contributed by atoms with van der Waals surface area (Å²) in [6.07, 6.45) is 9.52. The van der Waals surface area contributed by atoms with Gasteiger partial charge in [-0.15, -0.1) is 0 Å². The third-order valence-electron chi connectivity index (χ3n) is 4.42. The standard InChI is InChI=1S/C15H29NO/c1-4-5-14-10-12(7-9-17-14)16-13-6-8-15(2,3)11-13/h12-14,16H,4-11H2,1-3H3. The largest absolute Gasteiger partial charge is 0.378 e. The fourth-order valence-corrected chi connectivity index (χ4v) is 3.47. The lowest BCUT2D eigenvalue weighted by Gasteiger charge is -2.32. The lowest BCUT2D eigenvalue weighted by Crippen LogP contribution is -2.43. The van der Waals surface area contributed by atoms with Crippen molar-refractivity contribution < 1.29 is 4.74 Å². The number of hydrogen-bond acceptors (Lipinski definition) is 2. The highest BCUT2D eigenvalue weighted by molar-refractivity contribution is 4.89. The van der Waals surface area contributed by atoms with Crippen molar-refractivity contribution in [3.8, 4) is 0 Å². The van der Waals surface area contributed by atoms with Crippen molar-refractivity contribution in [3.05, 3.63) is 0 Å². The SMILES string of the molecule is CCCC1CC(NC2CCC(C)(C)C2)CCO1. The van der Waals surface area contributed by atoms with E-state index in [0.717, 1.165) is 12.6 Å². The van der Waals surface area contributed by atoms with E-state index < -0.39 is 0 Å². The quantitative estimate of drug-likeness (QED) is 0.810. The van der Waals surface area contributed by atoms with Gasteiger partial charge in [-0.25, -0.2) is 0 Å². The Bertz CT molecular complexity index is 237. The molecule has 2 rings (SSSR count). The third kappa shape index (κ3) is 3.96. The van der Waals surface area contributed by atoms with Gasteiger partial charge in [0.05, 0.1) is 6.10 Å². The summed E-state index contributed by atoms with van der Waals surface area (Å²) in [6, 6.07) is 1.47. The smallest absolute Gasteiger partial charge is 0.0589 e. The zero-order valence-electron chi connectivity index (χ0n) is 11.8. The molecule has 1 N–H and O–H groups in total. The summed E-state index contributed by atoms with van der Waals surface area (Å²) in [4.78, 5) is 0. The van der Waals surface area contributed by atoms with E-state index in [-0.39, 0.29) is 0 Å². The van der Waals surface area contributed by atoms with Gasteiger partial charge >= 0.3 is 0 Å². The van der Waals surface area contributed by atoms with E-state index in [4.69, 9.17) is 4.74 Å². The average Bonchev–Trinajstić information content (AvgIpc) is 2.59. The predicted octanol–water partition coefficient (Wildman–Crippen LogP) is 3.50. The molecule has 0 radical (unpaired) electrons. The van der Waals surface area contributed by atoms with Crippen LogP contribution in [0.1, 0.15) is 65.7 Å². The fraction of sp³-hybridized carbons (Fsp3) is 1.00. The maximum atomic E-state index is 5.81. The van der Waals surface area contributed by atoms with Crippen LogP contribution in [0.15, 0.2) is 0 Å². The lowest BCUT2D eigenvalue weighted by molar-refractivity contribution is -0.00503. The molecule has 2 fully saturated rings. The number of hydrogen-bond donors (Lipinski definition) is 1. The topological polar surface area (TPSA) is 21.3 Å². The van der Waals surface area contributed by atoms with Crippen LogP contribution >= 0.6 is 0 Å². The summed E-state index contributed by atoms with van der Waals surface area (Å²) in [7, 11) is 0. The highest BCUT2D eigenvalue weighted by Crippen LogP contribution is 2.37. The van der Waals surface area contributed by atoms with Crippen LogP contribution < -0.4 is 5.32 Å². The molecule has 2 aliphatic rings. The van der Waals surface area contributed by atoms with Crippen LogP contribution in [0.5, 0.6) is 0 Å². The van der Waals surface area contributed by atoms with Crippen LogP contribution in [0.25, 0.3) is 0 Å². The molecule has 1 aliphatic carbocycles. The molecule has 0 aromatic rings. The molecule has 0 aromatic carbocycles. The zero-order chi connectivity index (χ0) is 12.3. The van der Waals surface area contributed by atoms with Gasteiger partial charge in [0.2, 0.25) is 0 Å². The maximum Gasteiger partial charge on any atom is 0.0589 e. The number of ether oxygens (including phenoxy) is 1. The van der Waals surface area contributed by atoms with Crippen LogP contribution in [-0.2, 0) is 4.74 Å². The molecule has 0 spiro atoms. The molecule has 0 amide bonds. The molecule has 1 heterocycles. The molecule has 3 atom stereocenters. The van der Waals surface area contributed by atoms with E-state index in [0.29, 0.717) is 17.6 Å². The van der Waals surface area contributed by atoms with Gasteiger partial charge in [-0.3, -0.25) is 0 Å². The minimum Gasteiger partial charge on any atom is -0.378 e. The summed E-state index contributed by atoms with van der Waals surface area (Å²) < 4.78 is 5.81. The molecule has 100 valence electrons. The molecule has 1 saturated heterocycles. The van der Waals surface area contributed by atoms with Gasteiger partial charge in [-0.1, -0.05) is 27.2 Å². The van der Waals surface area contributed by atoms with E-state index in [2.05, 4.69) is 26.1 Å². The first kappa shape index (κ1) is 13.4. The van der Waals surface area contributed by atoms with Gasteiger partial charge in [0.1, 0.15) is 0 Å². The number of nitrogens with one attached hydrogen (secondary N) is 1. The second-order valence-electron chi connectivity index (χ2n) is 6.77. The Hall–Kier alpha value is -0.0800. The summed E-state index contributed by atoms with van der Waals surface area (Å²) in [6.45, 7) is 8.01. The van der Waals surface area contributed by atoms with Gasteiger partial charge in [0.15, 0.2) is 0 Å². The van der Waals surface area contributed by atoms with Crippen molar-refractivity contribution in [3.63, 3.8) is 0 Å². The molecule has 3 unspecified atom stereocenters.